The molecule has 4 nitrogen and oxygen atoms in total. The van der Waals surface area contributed by atoms with Gasteiger partial charge in [-0.2, -0.15) is 0 Å². The van der Waals surface area contributed by atoms with Crippen LogP contribution >= 0.6 is 0 Å². The van der Waals surface area contributed by atoms with Gasteiger partial charge in [-0.25, -0.2) is 9.97 Å². The van der Waals surface area contributed by atoms with Gasteiger partial charge < -0.3 is 9.13 Å². The van der Waals surface area contributed by atoms with Crippen LogP contribution in [0.4, 0.5) is 0 Å². The summed E-state index contributed by atoms with van der Waals surface area (Å²) < 4.78 is 4.35. The molecule has 0 bridgehead atoms. The molecule has 0 radical (unpaired) electrons. The fourth-order valence-corrected chi connectivity index (χ4v) is 2.23. The molecule has 92 valence electrons. The number of nitrogens with zero attached hydrogens (tertiary/aromatic N) is 4. The predicted octanol–water partition coefficient (Wildman–Crippen LogP) is 2.86. The first kappa shape index (κ1) is 11.0. The molecule has 0 unspecified atom stereocenters. The van der Waals surface area contributed by atoms with Gasteiger partial charge in [0.25, 0.3) is 0 Å². The topological polar surface area (TPSA) is 35.6 Å². The first-order valence-electron chi connectivity index (χ1n) is 6.16. The van der Waals surface area contributed by atoms with Gasteiger partial charge in [0.1, 0.15) is 0 Å². The summed E-state index contributed by atoms with van der Waals surface area (Å²) in [6, 6.07) is 8.61. The SMILES string of the molecule is CC(C)n1cncc1Cn1cnc2ccccc21. The minimum atomic E-state index is 0.428. The largest absolute Gasteiger partial charge is 0.330 e. The second-order valence-corrected chi connectivity index (χ2v) is 4.75. The number of para-hydroxylation sites is 2. The second kappa shape index (κ2) is 4.29. The Balaban J connectivity index is 1.99. The Morgan fingerprint density at radius 3 is 2.83 bits per heavy atom. The molecule has 0 N–H and O–H groups in total. The Kier molecular flexibility index (Phi) is 2.63. The Bertz CT molecular complexity index is 663. The second-order valence-electron chi connectivity index (χ2n) is 4.75. The number of hydrogen-bond donors (Lipinski definition) is 0. The van der Waals surface area contributed by atoms with Crippen molar-refractivity contribution in [2.45, 2.75) is 26.4 Å². The van der Waals surface area contributed by atoms with Crippen molar-refractivity contribution < 1.29 is 0 Å². The van der Waals surface area contributed by atoms with Crippen LogP contribution in [0.25, 0.3) is 11.0 Å². The number of rotatable bonds is 3. The van der Waals surface area contributed by atoms with Crippen LogP contribution < -0.4 is 0 Å². The van der Waals surface area contributed by atoms with Gasteiger partial charge in [-0.05, 0) is 26.0 Å². The van der Waals surface area contributed by atoms with Crippen LogP contribution in [0.15, 0.2) is 43.1 Å². The highest BCUT2D eigenvalue weighted by molar-refractivity contribution is 5.74. The summed E-state index contributed by atoms with van der Waals surface area (Å²) in [5, 5.41) is 0. The van der Waals surface area contributed by atoms with Crippen molar-refractivity contribution >= 4 is 11.0 Å². The third kappa shape index (κ3) is 1.79. The van der Waals surface area contributed by atoms with Crippen molar-refractivity contribution in [1.29, 1.82) is 0 Å². The van der Waals surface area contributed by atoms with E-state index in [-0.39, 0.29) is 0 Å². The van der Waals surface area contributed by atoms with E-state index in [4.69, 9.17) is 0 Å². The van der Waals surface area contributed by atoms with Gasteiger partial charge in [0.2, 0.25) is 0 Å². The highest BCUT2D eigenvalue weighted by Gasteiger charge is 2.08. The van der Waals surface area contributed by atoms with E-state index in [9.17, 15) is 0 Å². The molecule has 2 aromatic heterocycles. The lowest BCUT2D eigenvalue weighted by atomic mass is 10.3. The molecule has 3 rings (SSSR count). The van der Waals surface area contributed by atoms with Gasteiger partial charge in [0.05, 0.1) is 35.9 Å². The monoisotopic (exact) mass is 240 g/mol. The lowest BCUT2D eigenvalue weighted by Gasteiger charge is -2.12. The van der Waals surface area contributed by atoms with E-state index in [0.29, 0.717) is 6.04 Å². The van der Waals surface area contributed by atoms with E-state index < -0.39 is 0 Å². The van der Waals surface area contributed by atoms with Gasteiger partial charge in [-0.3, -0.25) is 0 Å². The zero-order chi connectivity index (χ0) is 12.5. The molecule has 4 heteroatoms. The average Bonchev–Trinajstić information content (AvgIpc) is 2.97. The zero-order valence-corrected chi connectivity index (χ0v) is 10.6. The molecule has 1 aromatic carbocycles. The molecule has 0 saturated carbocycles. The van der Waals surface area contributed by atoms with Gasteiger partial charge >= 0.3 is 0 Å². The number of fused-ring (bicyclic) bond motifs is 1. The summed E-state index contributed by atoms with van der Waals surface area (Å²) in [5.74, 6) is 0. The highest BCUT2D eigenvalue weighted by atomic mass is 15.1. The Hall–Kier alpha value is -2.10. The van der Waals surface area contributed by atoms with Crippen molar-refractivity contribution in [3.05, 3.63) is 48.8 Å². The summed E-state index contributed by atoms with van der Waals surface area (Å²) in [6.45, 7) is 5.13. The number of benzene rings is 1. The fraction of sp³-hybridized carbons (Fsp3) is 0.286. The summed E-state index contributed by atoms with van der Waals surface area (Å²) in [7, 11) is 0. The van der Waals surface area contributed by atoms with Crippen molar-refractivity contribution in [3.63, 3.8) is 0 Å². The Morgan fingerprint density at radius 1 is 1.17 bits per heavy atom. The van der Waals surface area contributed by atoms with Gasteiger partial charge in [0.15, 0.2) is 0 Å². The van der Waals surface area contributed by atoms with Gasteiger partial charge in [-0.1, -0.05) is 12.1 Å². The van der Waals surface area contributed by atoms with E-state index in [1.807, 2.05) is 37.1 Å². The van der Waals surface area contributed by atoms with E-state index in [1.165, 1.54) is 5.69 Å². The molecular weight excluding hydrogens is 224 g/mol. The predicted molar refractivity (Wildman–Crippen MR) is 71.4 cm³/mol. The standard InChI is InChI=1S/C14H16N4/c1-11(2)18-9-15-7-12(18)8-17-10-16-13-5-3-4-6-14(13)17/h3-7,9-11H,8H2,1-2H3. The smallest absolute Gasteiger partial charge is 0.0962 e. The van der Waals surface area contributed by atoms with E-state index in [2.05, 4.69) is 39.0 Å². The molecule has 3 aromatic rings. The first-order chi connectivity index (χ1) is 8.75. The van der Waals surface area contributed by atoms with Crippen molar-refractivity contribution in [1.82, 2.24) is 19.1 Å². The van der Waals surface area contributed by atoms with E-state index in [1.54, 1.807) is 0 Å². The molecule has 0 spiro atoms. The third-order valence-corrected chi connectivity index (χ3v) is 3.16. The molecule has 0 aliphatic heterocycles. The van der Waals surface area contributed by atoms with Crippen LogP contribution in [0.3, 0.4) is 0 Å². The van der Waals surface area contributed by atoms with E-state index >= 15 is 0 Å². The van der Waals surface area contributed by atoms with Crippen LogP contribution in [0.1, 0.15) is 25.6 Å². The summed E-state index contributed by atoms with van der Waals surface area (Å²) >= 11 is 0. The first-order valence-corrected chi connectivity index (χ1v) is 6.16. The molecule has 0 fully saturated rings. The molecular formula is C14H16N4. The van der Waals surface area contributed by atoms with Crippen LogP contribution in [0.5, 0.6) is 0 Å². The lowest BCUT2D eigenvalue weighted by Crippen LogP contribution is -2.08. The zero-order valence-electron chi connectivity index (χ0n) is 10.6. The maximum Gasteiger partial charge on any atom is 0.0962 e. The molecule has 0 aliphatic carbocycles. The van der Waals surface area contributed by atoms with Crippen molar-refractivity contribution in [2.24, 2.45) is 0 Å². The van der Waals surface area contributed by atoms with Crippen LogP contribution in [0, 0.1) is 0 Å². The fourth-order valence-electron chi connectivity index (χ4n) is 2.23. The van der Waals surface area contributed by atoms with E-state index in [0.717, 1.165) is 17.6 Å². The van der Waals surface area contributed by atoms with Crippen molar-refractivity contribution in [3.8, 4) is 0 Å². The lowest BCUT2D eigenvalue weighted by molar-refractivity contribution is 0.563. The summed E-state index contributed by atoms with van der Waals surface area (Å²) in [4.78, 5) is 8.64. The minimum Gasteiger partial charge on any atom is -0.330 e. The maximum atomic E-state index is 4.41. The van der Waals surface area contributed by atoms with Crippen molar-refractivity contribution in [2.75, 3.05) is 0 Å². The average molecular weight is 240 g/mol. The normalized spacial score (nSPS) is 11.5. The minimum absolute atomic E-state index is 0.428. The third-order valence-electron chi connectivity index (χ3n) is 3.16. The molecule has 18 heavy (non-hydrogen) atoms. The number of aromatic nitrogens is 4. The molecule has 0 amide bonds. The van der Waals surface area contributed by atoms with Crippen LogP contribution in [-0.4, -0.2) is 19.1 Å². The summed E-state index contributed by atoms with van der Waals surface area (Å²) in [5.41, 5.74) is 3.40. The highest BCUT2D eigenvalue weighted by Crippen LogP contribution is 2.15. The molecule has 0 aliphatic rings. The van der Waals surface area contributed by atoms with Crippen LogP contribution in [0.2, 0.25) is 0 Å². The molecule has 0 saturated heterocycles. The summed E-state index contributed by atoms with van der Waals surface area (Å²) in [6.07, 6.45) is 5.70. The van der Waals surface area contributed by atoms with Crippen LogP contribution in [-0.2, 0) is 6.54 Å². The maximum absolute atomic E-state index is 4.41. The van der Waals surface area contributed by atoms with Gasteiger partial charge in [-0.15, -0.1) is 0 Å². The number of imidazole rings is 2. The molecule has 0 atom stereocenters. The molecule has 2 heterocycles. The Labute approximate surface area is 106 Å². The Morgan fingerprint density at radius 2 is 2.00 bits per heavy atom. The number of hydrogen-bond acceptors (Lipinski definition) is 2. The van der Waals surface area contributed by atoms with Gasteiger partial charge in [0, 0.05) is 12.2 Å². The quantitative estimate of drug-likeness (QED) is 0.705.